The van der Waals surface area contributed by atoms with E-state index in [4.69, 9.17) is 5.11 Å². The van der Waals surface area contributed by atoms with Gasteiger partial charge in [-0.05, 0) is 11.9 Å². The van der Waals surface area contributed by atoms with Crippen LogP contribution < -0.4 is 11.0 Å². The number of hydrazone groups is 1. The molecule has 0 amide bonds. The predicted molar refractivity (Wildman–Crippen MR) is 49.5 cm³/mol. The summed E-state index contributed by atoms with van der Waals surface area (Å²) in [6.45, 7) is -0.196. The summed E-state index contributed by atoms with van der Waals surface area (Å²) < 4.78 is 1.64. The van der Waals surface area contributed by atoms with Gasteiger partial charge in [-0.1, -0.05) is 4.52 Å². The summed E-state index contributed by atoms with van der Waals surface area (Å²) in [4.78, 5) is 10.4. The van der Waals surface area contributed by atoms with Gasteiger partial charge in [0.05, 0.1) is 0 Å². The van der Waals surface area contributed by atoms with Gasteiger partial charge in [0.2, 0.25) is 0 Å². The first-order valence-corrected chi connectivity index (χ1v) is 4.56. The molecule has 3 N–H and O–H groups in total. The van der Waals surface area contributed by atoms with Crippen LogP contribution in [-0.4, -0.2) is 38.7 Å². The molecule has 2 rings (SSSR count). The highest BCUT2D eigenvalue weighted by Crippen LogP contribution is 2.15. The Morgan fingerprint density at radius 3 is 3.14 bits per heavy atom. The first kappa shape index (κ1) is 9.12. The van der Waals surface area contributed by atoms with Gasteiger partial charge in [-0.2, -0.15) is 10.2 Å². The van der Waals surface area contributed by atoms with Gasteiger partial charge < -0.3 is 5.11 Å². The molecule has 0 unspecified atom stereocenters. The van der Waals surface area contributed by atoms with Crippen molar-refractivity contribution in [2.45, 2.75) is 0 Å². The minimum absolute atomic E-state index is 0.196. The third-order valence-electron chi connectivity index (χ3n) is 1.41. The quantitative estimate of drug-likeness (QED) is 0.513. The summed E-state index contributed by atoms with van der Waals surface area (Å²) in [6.07, 6.45) is 3.22. The van der Waals surface area contributed by atoms with E-state index < -0.39 is 5.97 Å². The van der Waals surface area contributed by atoms with Gasteiger partial charge in [-0.25, -0.2) is 0 Å². The Kier molecular flexibility index (Phi) is 2.43. The minimum atomic E-state index is -0.948. The van der Waals surface area contributed by atoms with Crippen LogP contribution in [0.1, 0.15) is 0 Å². The Bertz CT molecular complexity index is 286. The molecule has 0 aliphatic carbocycles. The van der Waals surface area contributed by atoms with E-state index in [1.807, 2.05) is 5.41 Å². The Morgan fingerprint density at radius 2 is 2.50 bits per heavy atom. The molecule has 0 atom stereocenters. The first-order chi connectivity index (χ1) is 6.75. The van der Waals surface area contributed by atoms with Gasteiger partial charge >= 0.3 is 5.97 Å². The van der Waals surface area contributed by atoms with E-state index in [0.717, 1.165) is 0 Å². The maximum atomic E-state index is 10.4. The number of hydrogen-bond donors (Lipinski definition) is 3. The number of carboxylic acid groups (broad SMARTS) is 1. The molecule has 14 heavy (non-hydrogen) atoms. The summed E-state index contributed by atoms with van der Waals surface area (Å²) in [5.74, 6) is -0.948. The topological polar surface area (TPSA) is 83.4 Å². The van der Waals surface area contributed by atoms with Crippen molar-refractivity contribution in [3.05, 3.63) is 11.6 Å². The van der Waals surface area contributed by atoms with Gasteiger partial charge in [0.25, 0.3) is 0 Å². The number of aliphatic carboxylic acids is 1. The fourth-order valence-electron chi connectivity index (χ4n) is 0.899. The molecule has 0 fully saturated rings. The second kappa shape index (κ2) is 3.74. The summed E-state index contributed by atoms with van der Waals surface area (Å²) in [6, 6.07) is 0. The molecule has 0 spiro atoms. The van der Waals surface area contributed by atoms with Gasteiger partial charge in [-0.3, -0.25) is 10.2 Å². The average molecular weight is 216 g/mol. The van der Waals surface area contributed by atoms with Crippen molar-refractivity contribution in [3.63, 3.8) is 0 Å². The molecule has 0 saturated heterocycles. The molecule has 0 bridgehead atoms. The van der Waals surface area contributed by atoms with Crippen molar-refractivity contribution in [2.75, 3.05) is 6.54 Å². The SMILES string of the molecule is O=C(O)CN1N=CN(N2NC=CS2)N1. The first-order valence-electron chi connectivity index (χ1n) is 3.73. The molecule has 8 nitrogen and oxygen atoms in total. The zero-order chi connectivity index (χ0) is 9.97. The van der Waals surface area contributed by atoms with Gasteiger partial charge in [0, 0.05) is 11.6 Å². The molecular weight excluding hydrogens is 208 g/mol. The van der Waals surface area contributed by atoms with Crippen molar-refractivity contribution in [3.8, 4) is 0 Å². The Balaban J connectivity index is 1.83. The lowest BCUT2D eigenvalue weighted by molar-refractivity contribution is -0.140. The molecule has 2 aliphatic rings. The fraction of sp³-hybridized carbons (Fsp3) is 0.200. The van der Waals surface area contributed by atoms with Crippen LogP contribution in [-0.2, 0) is 4.79 Å². The fourth-order valence-corrected chi connectivity index (χ4v) is 1.44. The van der Waals surface area contributed by atoms with Crippen LogP contribution in [0, 0.1) is 0 Å². The predicted octanol–water partition coefficient (Wildman–Crippen LogP) is -1.09. The third kappa shape index (κ3) is 1.89. The second-order valence-corrected chi connectivity index (χ2v) is 3.27. The van der Waals surface area contributed by atoms with Crippen molar-refractivity contribution < 1.29 is 9.90 Å². The molecule has 2 aliphatic heterocycles. The highest BCUT2D eigenvalue weighted by molar-refractivity contribution is 8.00. The molecular formula is C5H8N6O2S. The van der Waals surface area contributed by atoms with Crippen LogP contribution in [0.15, 0.2) is 16.7 Å². The van der Waals surface area contributed by atoms with Crippen LogP contribution >= 0.6 is 11.9 Å². The van der Waals surface area contributed by atoms with E-state index in [2.05, 4.69) is 16.1 Å². The van der Waals surface area contributed by atoms with Crippen LogP contribution in [0.3, 0.4) is 0 Å². The van der Waals surface area contributed by atoms with Crippen LogP contribution in [0.5, 0.6) is 0 Å². The van der Waals surface area contributed by atoms with E-state index in [1.54, 1.807) is 10.7 Å². The maximum Gasteiger partial charge on any atom is 0.326 e. The number of hydrazine groups is 4. The summed E-state index contributed by atoms with van der Waals surface area (Å²) in [5, 5.41) is 16.9. The average Bonchev–Trinajstić information content (AvgIpc) is 2.69. The van der Waals surface area contributed by atoms with E-state index in [-0.39, 0.29) is 6.54 Å². The lowest BCUT2D eigenvalue weighted by atomic mass is 10.7. The van der Waals surface area contributed by atoms with Gasteiger partial charge in [0.15, 0.2) is 6.54 Å². The minimum Gasteiger partial charge on any atom is -0.480 e. The number of hydrogen-bond acceptors (Lipinski definition) is 8. The molecule has 2 heterocycles. The van der Waals surface area contributed by atoms with E-state index >= 15 is 0 Å². The van der Waals surface area contributed by atoms with Crippen molar-refractivity contribution in [1.29, 1.82) is 0 Å². The van der Waals surface area contributed by atoms with Gasteiger partial charge in [-0.15, -0.1) is 10.6 Å². The normalized spacial score (nSPS) is 20.6. The number of carbonyl (C=O) groups is 1. The monoisotopic (exact) mass is 216 g/mol. The molecule has 9 heteroatoms. The van der Waals surface area contributed by atoms with Crippen molar-refractivity contribution in [2.24, 2.45) is 5.10 Å². The zero-order valence-corrected chi connectivity index (χ0v) is 7.81. The summed E-state index contributed by atoms with van der Waals surface area (Å²) >= 11 is 1.40. The number of rotatable bonds is 3. The maximum absolute atomic E-state index is 10.4. The molecule has 0 radical (unpaired) electrons. The highest BCUT2D eigenvalue weighted by Gasteiger charge is 2.22. The number of nitrogens with one attached hydrogen (secondary N) is 2. The van der Waals surface area contributed by atoms with Crippen molar-refractivity contribution in [1.82, 2.24) is 25.7 Å². The standard InChI is InChI=1S/C5H8N6O2S/c12-5(13)3-9-7-4-10(8-9)11-6-1-2-14-11/h1-2,4,6,8H,3H2,(H,12,13). The van der Waals surface area contributed by atoms with E-state index in [0.29, 0.717) is 0 Å². The summed E-state index contributed by atoms with van der Waals surface area (Å²) in [5.41, 5.74) is 5.62. The Hall–Kier alpha value is -1.45. The lowest BCUT2D eigenvalue weighted by Crippen LogP contribution is -2.51. The van der Waals surface area contributed by atoms with Crippen molar-refractivity contribution >= 4 is 24.3 Å². The second-order valence-electron chi connectivity index (χ2n) is 2.44. The van der Waals surface area contributed by atoms with Gasteiger partial charge in [0.1, 0.15) is 6.34 Å². The number of nitrogens with zero attached hydrogens (tertiary/aromatic N) is 4. The van der Waals surface area contributed by atoms with Crippen LogP contribution in [0.25, 0.3) is 0 Å². The smallest absolute Gasteiger partial charge is 0.326 e. The highest BCUT2D eigenvalue weighted by atomic mass is 32.2. The number of carboxylic acids is 1. The zero-order valence-electron chi connectivity index (χ0n) is 6.99. The Morgan fingerprint density at radius 1 is 1.64 bits per heavy atom. The van der Waals surface area contributed by atoms with E-state index in [1.165, 1.54) is 28.5 Å². The molecule has 0 aromatic heterocycles. The van der Waals surface area contributed by atoms with Crippen LogP contribution in [0.4, 0.5) is 0 Å². The largest absolute Gasteiger partial charge is 0.480 e. The van der Waals surface area contributed by atoms with E-state index in [9.17, 15) is 4.79 Å². The third-order valence-corrected chi connectivity index (χ3v) is 2.15. The molecule has 0 aromatic rings. The lowest BCUT2D eigenvalue weighted by Gasteiger charge is -2.25. The molecule has 0 saturated carbocycles. The Labute approximate surface area is 83.8 Å². The molecule has 76 valence electrons. The summed E-state index contributed by atoms with van der Waals surface area (Å²) in [7, 11) is 0. The van der Waals surface area contributed by atoms with Crippen LogP contribution in [0.2, 0.25) is 0 Å². The molecule has 0 aromatic carbocycles.